The number of hydrogen-bond donors (Lipinski definition) is 1. The molecule has 9 heteroatoms. The number of halogens is 3. The fourth-order valence-electron chi connectivity index (χ4n) is 4.25. The molecule has 2 heterocycles. The maximum absolute atomic E-state index is 13.3. The molecule has 1 amide bonds. The summed E-state index contributed by atoms with van der Waals surface area (Å²) in [5.74, 6) is -2.65. The average Bonchev–Trinajstić information content (AvgIpc) is 3.09. The number of aliphatic hydroxyl groups is 1. The SMILES string of the molecule is Cc1ccc(C(C)(C)C)cc1/C(O)=C1\C(=O)C(=O)N(c2ccc(OC(F)(F)F)cc2)C1c1cccnc1. The Labute approximate surface area is 212 Å². The van der Waals surface area contributed by atoms with Gasteiger partial charge < -0.3 is 9.84 Å². The van der Waals surface area contributed by atoms with Gasteiger partial charge in [-0.1, -0.05) is 39.0 Å². The summed E-state index contributed by atoms with van der Waals surface area (Å²) >= 11 is 0. The maximum atomic E-state index is 13.3. The van der Waals surface area contributed by atoms with Crippen molar-refractivity contribution in [2.75, 3.05) is 4.90 Å². The number of aliphatic hydroxyl groups excluding tert-OH is 1. The summed E-state index contributed by atoms with van der Waals surface area (Å²) in [5, 5.41) is 11.5. The number of rotatable bonds is 4. The van der Waals surface area contributed by atoms with Gasteiger partial charge in [0.25, 0.3) is 11.7 Å². The van der Waals surface area contributed by atoms with Crippen LogP contribution >= 0.6 is 0 Å². The molecule has 0 aliphatic carbocycles. The molecule has 0 bridgehead atoms. The molecule has 1 saturated heterocycles. The Morgan fingerprint density at radius 3 is 2.27 bits per heavy atom. The van der Waals surface area contributed by atoms with E-state index in [1.807, 2.05) is 32.9 Å². The molecule has 1 atom stereocenters. The number of hydrogen-bond acceptors (Lipinski definition) is 5. The second kappa shape index (κ2) is 9.38. The van der Waals surface area contributed by atoms with Gasteiger partial charge in [-0.2, -0.15) is 0 Å². The number of alkyl halides is 3. The Balaban J connectivity index is 1.88. The van der Waals surface area contributed by atoms with E-state index in [4.69, 9.17) is 0 Å². The predicted octanol–water partition coefficient (Wildman–Crippen LogP) is 6.21. The molecule has 1 aliphatic rings. The van der Waals surface area contributed by atoms with E-state index in [1.54, 1.807) is 25.1 Å². The van der Waals surface area contributed by atoms with Crippen LogP contribution in [0.5, 0.6) is 5.75 Å². The molecule has 0 spiro atoms. The Morgan fingerprint density at radius 1 is 1.03 bits per heavy atom. The minimum atomic E-state index is -4.87. The standard InChI is InChI=1S/C28H25F3N2O4/c1-16-7-8-18(27(2,3)4)14-21(16)24(34)22-23(17-6-5-13-32-15-17)33(26(36)25(22)35)19-9-11-20(12-10-19)37-28(29,30)31/h5-15,23,34H,1-4H3/b24-22+. The first-order chi connectivity index (χ1) is 17.3. The van der Waals surface area contributed by atoms with Crippen molar-refractivity contribution < 1.29 is 32.6 Å². The van der Waals surface area contributed by atoms with Gasteiger partial charge in [0.15, 0.2) is 0 Å². The number of aryl methyl sites for hydroxylation is 1. The van der Waals surface area contributed by atoms with Crippen molar-refractivity contribution in [3.63, 3.8) is 0 Å². The van der Waals surface area contributed by atoms with Gasteiger partial charge >= 0.3 is 6.36 Å². The Morgan fingerprint density at radius 2 is 1.70 bits per heavy atom. The van der Waals surface area contributed by atoms with Crippen molar-refractivity contribution in [2.45, 2.75) is 45.5 Å². The van der Waals surface area contributed by atoms with Gasteiger partial charge in [-0.25, -0.2) is 0 Å². The summed E-state index contributed by atoms with van der Waals surface area (Å²) in [4.78, 5) is 31.8. The third-order valence-electron chi connectivity index (χ3n) is 6.15. The molecular formula is C28H25F3N2O4. The van der Waals surface area contributed by atoms with Crippen LogP contribution in [0.1, 0.15) is 49.1 Å². The molecule has 0 saturated carbocycles. The van der Waals surface area contributed by atoms with Crippen molar-refractivity contribution in [1.82, 2.24) is 4.98 Å². The minimum Gasteiger partial charge on any atom is -0.507 e. The highest BCUT2D eigenvalue weighted by molar-refractivity contribution is 6.51. The van der Waals surface area contributed by atoms with E-state index < -0.39 is 29.8 Å². The van der Waals surface area contributed by atoms with Crippen LogP contribution < -0.4 is 9.64 Å². The monoisotopic (exact) mass is 510 g/mol. The number of anilines is 1. The molecule has 1 aromatic heterocycles. The van der Waals surface area contributed by atoms with Crippen LogP contribution in [-0.2, 0) is 15.0 Å². The van der Waals surface area contributed by atoms with E-state index in [2.05, 4.69) is 9.72 Å². The molecule has 192 valence electrons. The van der Waals surface area contributed by atoms with E-state index in [1.165, 1.54) is 24.5 Å². The fraction of sp³-hybridized carbons (Fsp3) is 0.250. The number of benzene rings is 2. The number of ether oxygens (including phenoxy) is 1. The number of carbonyl (C=O) groups is 2. The molecule has 0 radical (unpaired) electrons. The van der Waals surface area contributed by atoms with E-state index in [0.717, 1.165) is 22.6 Å². The van der Waals surface area contributed by atoms with E-state index in [-0.39, 0.29) is 22.4 Å². The van der Waals surface area contributed by atoms with Crippen LogP contribution in [0, 0.1) is 6.92 Å². The first kappa shape index (κ1) is 25.9. The number of carbonyl (C=O) groups excluding carboxylic acids is 2. The summed E-state index contributed by atoms with van der Waals surface area (Å²) in [6.07, 6.45) is -1.88. The fourth-order valence-corrected chi connectivity index (χ4v) is 4.25. The molecule has 1 unspecified atom stereocenters. The first-order valence-electron chi connectivity index (χ1n) is 11.5. The molecule has 6 nitrogen and oxygen atoms in total. The zero-order valence-corrected chi connectivity index (χ0v) is 20.6. The lowest BCUT2D eigenvalue weighted by molar-refractivity contribution is -0.274. The van der Waals surface area contributed by atoms with Gasteiger partial charge in [0.1, 0.15) is 11.5 Å². The highest BCUT2D eigenvalue weighted by Gasteiger charge is 2.47. The zero-order chi connectivity index (χ0) is 27.1. The van der Waals surface area contributed by atoms with E-state index in [0.29, 0.717) is 16.7 Å². The van der Waals surface area contributed by atoms with Crippen LogP contribution in [0.25, 0.3) is 5.76 Å². The Kier molecular flexibility index (Phi) is 6.58. The number of ketones is 1. The Hall–Kier alpha value is -4.14. The summed E-state index contributed by atoms with van der Waals surface area (Å²) in [7, 11) is 0. The molecule has 1 fully saturated rings. The van der Waals surface area contributed by atoms with Gasteiger partial charge in [-0.05, 0) is 65.4 Å². The van der Waals surface area contributed by atoms with Crippen molar-refractivity contribution >= 4 is 23.1 Å². The molecule has 3 aromatic rings. The van der Waals surface area contributed by atoms with Crippen LogP contribution in [0.4, 0.5) is 18.9 Å². The first-order valence-corrected chi connectivity index (χ1v) is 11.5. The van der Waals surface area contributed by atoms with E-state index >= 15 is 0 Å². The van der Waals surface area contributed by atoms with Crippen LogP contribution in [0.3, 0.4) is 0 Å². The highest BCUT2D eigenvalue weighted by atomic mass is 19.4. The lowest BCUT2D eigenvalue weighted by Gasteiger charge is -2.26. The number of Topliss-reactive ketones (excluding diaryl/α,β-unsaturated/α-hetero) is 1. The van der Waals surface area contributed by atoms with Crippen LogP contribution in [0.15, 0.2) is 72.6 Å². The zero-order valence-electron chi connectivity index (χ0n) is 20.6. The summed E-state index contributed by atoms with van der Waals surface area (Å²) < 4.78 is 41.7. The van der Waals surface area contributed by atoms with Crippen molar-refractivity contribution in [3.05, 3.63) is 94.8 Å². The molecule has 1 aliphatic heterocycles. The molecule has 4 rings (SSSR count). The van der Waals surface area contributed by atoms with Gasteiger partial charge in [0.2, 0.25) is 0 Å². The van der Waals surface area contributed by atoms with Crippen LogP contribution in [0.2, 0.25) is 0 Å². The topological polar surface area (TPSA) is 79.7 Å². The average molecular weight is 511 g/mol. The number of nitrogens with zero attached hydrogens (tertiary/aromatic N) is 2. The third kappa shape index (κ3) is 5.21. The minimum absolute atomic E-state index is 0.136. The lowest BCUT2D eigenvalue weighted by Crippen LogP contribution is -2.29. The molecule has 2 aromatic carbocycles. The third-order valence-corrected chi connectivity index (χ3v) is 6.15. The van der Waals surface area contributed by atoms with Gasteiger partial charge in [-0.3, -0.25) is 19.5 Å². The van der Waals surface area contributed by atoms with Crippen molar-refractivity contribution in [1.29, 1.82) is 0 Å². The second-order valence-corrected chi connectivity index (χ2v) is 9.78. The molecule has 37 heavy (non-hydrogen) atoms. The van der Waals surface area contributed by atoms with Crippen molar-refractivity contribution in [3.8, 4) is 5.75 Å². The predicted molar refractivity (Wildman–Crippen MR) is 132 cm³/mol. The normalized spacial score (nSPS) is 17.8. The number of pyridine rings is 1. The summed E-state index contributed by atoms with van der Waals surface area (Å²) in [6, 6.07) is 12.4. The van der Waals surface area contributed by atoms with Gasteiger partial charge in [0, 0.05) is 23.6 Å². The quantitative estimate of drug-likeness (QED) is 0.256. The summed E-state index contributed by atoms with van der Waals surface area (Å²) in [6.45, 7) is 7.84. The number of amides is 1. The van der Waals surface area contributed by atoms with Crippen LogP contribution in [-0.4, -0.2) is 28.1 Å². The largest absolute Gasteiger partial charge is 0.573 e. The Bertz CT molecular complexity index is 1380. The highest BCUT2D eigenvalue weighted by Crippen LogP contribution is 2.43. The molecule has 1 N–H and O–H groups in total. The molecular weight excluding hydrogens is 485 g/mol. The maximum Gasteiger partial charge on any atom is 0.573 e. The van der Waals surface area contributed by atoms with E-state index in [9.17, 15) is 27.9 Å². The van der Waals surface area contributed by atoms with Gasteiger partial charge in [-0.15, -0.1) is 13.2 Å². The van der Waals surface area contributed by atoms with Gasteiger partial charge in [0.05, 0.1) is 11.6 Å². The lowest BCUT2D eigenvalue weighted by atomic mass is 9.84. The second-order valence-electron chi connectivity index (χ2n) is 9.78. The smallest absolute Gasteiger partial charge is 0.507 e. The summed E-state index contributed by atoms with van der Waals surface area (Å²) in [5.41, 5.74) is 2.27. The number of aromatic nitrogens is 1. The van der Waals surface area contributed by atoms with Crippen molar-refractivity contribution in [2.24, 2.45) is 0 Å².